The van der Waals surface area contributed by atoms with Crippen molar-refractivity contribution in [3.05, 3.63) is 44.7 Å². The number of nitrogens with one attached hydrogen (secondary N) is 1. The van der Waals surface area contributed by atoms with Gasteiger partial charge in [0.15, 0.2) is 21.9 Å². The molecular weight excluding hydrogens is 388 g/mol. The van der Waals surface area contributed by atoms with Crippen LogP contribution in [0.5, 0.6) is 11.5 Å². The zero-order chi connectivity index (χ0) is 21.0. The van der Waals surface area contributed by atoms with E-state index in [2.05, 4.69) is 16.9 Å². The third kappa shape index (κ3) is 4.12. The molecule has 1 aromatic carbocycles. The molecule has 3 aromatic rings. The molecule has 0 saturated carbocycles. The first-order valence-corrected chi connectivity index (χ1v) is 10.1. The number of H-pyrrole nitrogens is 1. The molecule has 0 aliphatic carbocycles. The van der Waals surface area contributed by atoms with Gasteiger partial charge in [0.2, 0.25) is 0 Å². The minimum atomic E-state index is -0.127. The molecule has 0 amide bonds. The molecule has 2 aromatic heterocycles. The van der Waals surface area contributed by atoms with Gasteiger partial charge in [-0.15, -0.1) is 0 Å². The lowest BCUT2D eigenvalue weighted by atomic mass is 10.2. The van der Waals surface area contributed by atoms with Crippen LogP contribution in [0.25, 0.3) is 23.3 Å². The molecule has 154 valence electrons. The smallest absolute Gasteiger partial charge is 0.280 e. The third-order valence-electron chi connectivity index (χ3n) is 4.62. The molecule has 0 unspecified atom stereocenters. The average Bonchev–Trinajstić information content (AvgIpc) is 3.16. The largest absolute Gasteiger partial charge is 0.493 e. The van der Waals surface area contributed by atoms with E-state index in [9.17, 15) is 4.79 Å². The first-order chi connectivity index (χ1) is 14.0. The van der Waals surface area contributed by atoms with E-state index in [1.807, 2.05) is 41.8 Å². The molecule has 7 nitrogen and oxygen atoms in total. The number of nitrogens with zero attached hydrogens (tertiary/aromatic N) is 3. The van der Waals surface area contributed by atoms with E-state index in [4.69, 9.17) is 21.7 Å². The van der Waals surface area contributed by atoms with Crippen LogP contribution in [0.4, 0.5) is 0 Å². The number of methoxy groups -OCH3 is 2. The molecule has 0 aliphatic heterocycles. The summed E-state index contributed by atoms with van der Waals surface area (Å²) in [6.45, 7) is 5.41. The highest BCUT2D eigenvalue weighted by Crippen LogP contribution is 2.28. The zero-order valence-electron chi connectivity index (χ0n) is 17.2. The highest BCUT2D eigenvalue weighted by molar-refractivity contribution is 7.71. The summed E-state index contributed by atoms with van der Waals surface area (Å²) in [5, 5.41) is 0. The molecule has 8 heteroatoms. The number of ether oxygens (including phenoxy) is 2. The maximum atomic E-state index is 12.9. The Balaban J connectivity index is 2.06. The van der Waals surface area contributed by atoms with Gasteiger partial charge in [-0.05, 0) is 48.8 Å². The molecule has 3 rings (SSSR count). The van der Waals surface area contributed by atoms with Crippen LogP contribution in [-0.2, 0) is 13.1 Å². The summed E-state index contributed by atoms with van der Waals surface area (Å²) in [5.41, 5.74) is 1.88. The van der Waals surface area contributed by atoms with Crippen molar-refractivity contribution in [3.8, 4) is 11.5 Å². The lowest BCUT2D eigenvalue weighted by Crippen LogP contribution is -2.25. The van der Waals surface area contributed by atoms with E-state index >= 15 is 0 Å². The Kier molecular flexibility index (Phi) is 6.53. The lowest BCUT2D eigenvalue weighted by molar-refractivity contribution is 0.355. The van der Waals surface area contributed by atoms with Crippen LogP contribution in [0.2, 0.25) is 0 Å². The summed E-state index contributed by atoms with van der Waals surface area (Å²) in [5.74, 6) is 1.92. The second-order valence-electron chi connectivity index (χ2n) is 6.66. The first-order valence-electron chi connectivity index (χ1n) is 9.67. The average molecular weight is 415 g/mol. The van der Waals surface area contributed by atoms with Gasteiger partial charge < -0.3 is 19.0 Å². The van der Waals surface area contributed by atoms with Gasteiger partial charge in [-0.25, -0.2) is 4.98 Å². The van der Waals surface area contributed by atoms with Gasteiger partial charge in [0.05, 0.1) is 14.2 Å². The summed E-state index contributed by atoms with van der Waals surface area (Å²) >= 11 is 5.57. The Hall–Kier alpha value is -2.87. The number of hydrogen-bond donors (Lipinski definition) is 1. The van der Waals surface area contributed by atoms with Crippen LogP contribution in [0.3, 0.4) is 0 Å². The topological polar surface area (TPSA) is 74.1 Å². The maximum Gasteiger partial charge on any atom is 0.280 e. The Morgan fingerprint density at radius 3 is 2.41 bits per heavy atom. The normalized spacial score (nSPS) is 11.4. The van der Waals surface area contributed by atoms with Crippen molar-refractivity contribution in [2.24, 2.45) is 0 Å². The van der Waals surface area contributed by atoms with Crippen LogP contribution < -0.4 is 15.0 Å². The number of fused-ring (bicyclic) bond motifs is 1. The molecule has 0 aliphatic rings. The molecule has 0 fully saturated rings. The van der Waals surface area contributed by atoms with Crippen LogP contribution >= 0.6 is 12.2 Å². The zero-order valence-corrected chi connectivity index (χ0v) is 18.0. The van der Waals surface area contributed by atoms with Crippen molar-refractivity contribution < 1.29 is 9.47 Å². The molecule has 1 N–H and O–H groups in total. The van der Waals surface area contributed by atoms with Gasteiger partial charge >= 0.3 is 0 Å². The van der Waals surface area contributed by atoms with Gasteiger partial charge in [0.25, 0.3) is 5.56 Å². The van der Waals surface area contributed by atoms with Gasteiger partial charge in [0.1, 0.15) is 11.3 Å². The quantitative estimate of drug-likeness (QED) is 0.558. The van der Waals surface area contributed by atoms with E-state index < -0.39 is 0 Å². The van der Waals surface area contributed by atoms with Crippen LogP contribution in [0.1, 0.15) is 38.1 Å². The predicted octanol–water partition coefficient (Wildman–Crippen LogP) is 4.26. The molecule has 29 heavy (non-hydrogen) atoms. The Morgan fingerprint density at radius 2 is 1.76 bits per heavy atom. The molecule has 0 bridgehead atoms. The van der Waals surface area contributed by atoms with E-state index in [0.717, 1.165) is 18.4 Å². The number of rotatable bonds is 8. The minimum absolute atomic E-state index is 0.127. The fourth-order valence-corrected chi connectivity index (χ4v) is 3.59. The Labute approximate surface area is 174 Å². The summed E-state index contributed by atoms with van der Waals surface area (Å²) in [6, 6.07) is 5.65. The molecule has 0 spiro atoms. The second kappa shape index (κ2) is 9.09. The number of aryl methyl sites for hydroxylation is 1. The Bertz CT molecular complexity index is 1160. The number of benzene rings is 1. The number of imidazole rings is 1. The number of aromatic nitrogens is 4. The highest BCUT2D eigenvalue weighted by Gasteiger charge is 2.14. The van der Waals surface area contributed by atoms with Crippen molar-refractivity contribution in [3.63, 3.8) is 0 Å². The van der Waals surface area contributed by atoms with Crippen LogP contribution in [-0.4, -0.2) is 33.3 Å². The molecule has 0 saturated heterocycles. The van der Waals surface area contributed by atoms with Crippen molar-refractivity contribution in [1.82, 2.24) is 19.1 Å². The molecule has 2 heterocycles. The first kappa shape index (κ1) is 20.9. The fraction of sp³-hybridized carbons (Fsp3) is 0.381. The summed E-state index contributed by atoms with van der Waals surface area (Å²) in [6.07, 6.45) is 5.48. The van der Waals surface area contributed by atoms with Crippen LogP contribution in [0.15, 0.2) is 23.0 Å². The SMILES string of the molecule is CCCn1c(=O)c2[nH]c(C=Cc3ccc(OC)c(OC)c3)nc2n(CCC)c1=S. The Morgan fingerprint density at radius 1 is 1.07 bits per heavy atom. The third-order valence-corrected chi connectivity index (χ3v) is 5.06. The summed E-state index contributed by atoms with van der Waals surface area (Å²) in [4.78, 5) is 20.7. The second-order valence-corrected chi connectivity index (χ2v) is 7.02. The van der Waals surface area contributed by atoms with E-state index in [1.54, 1.807) is 18.8 Å². The van der Waals surface area contributed by atoms with Gasteiger partial charge in [-0.3, -0.25) is 9.36 Å². The number of aromatic amines is 1. The van der Waals surface area contributed by atoms with Crippen molar-refractivity contribution >= 4 is 35.5 Å². The highest BCUT2D eigenvalue weighted by atomic mass is 32.1. The van der Waals surface area contributed by atoms with Crippen molar-refractivity contribution in [2.75, 3.05) is 14.2 Å². The molecular formula is C21H26N4O3S. The van der Waals surface area contributed by atoms with Crippen molar-refractivity contribution in [2.45, 2.75) is 39.8 Å². The lowest BCUT2D eigenvalue weighted by Gasteiger charge is -2.11. The van der Waals surface area contributed by atoms with E-state index in [-0.39, 0.29) is 5.56 Å². The number of hydrogen-bond acceptors (Lipinski definition) is 5. The standard InChI is InChI=1S/C21H26N4O3S/c1-5-11-24-19-18(20(26)25(12-6-2)21(24)29)22-17(23-19)10-8-14-7-9-15(27-3)16(13-14)28-4/h7-10,13H,5-6,11-12H2,1-4H3,(H,22,23). The van der Waals surface area contributed by atoms with Gasteiger partial charge in [-0.2, -0.15) is 0 Å². The van der Waals surface area contributed by atoms with Crippen molar-refractivity contribution in [1.29, 1.82) is 0 Å². The monoisotopic (exact) mass is 414 g/mol. The summed E-state index contributed by atoms with van der Waals surface area (Å²) < 4.78 is 14.7. The molecule has 0 atom stereocenters. The fourth-order valence-electron chi connectivity index (χ4n) is 3.24. The summed E-state index contributed by atoms with van der Waals surface area (Å²) in [7, 11) is 3.21. The predicted molar refractivity (Wildman–Crippen MR) is 118 cm³/mol. The van der Waals surface area contributed by atoms with Gasteiger partial charge in [0, 0.05) is 13.1 Å². The minimum Gasteiger partial charge on any atom is -0.493 e. The van der Waals surface area contributed by atoms with Gasteiger partial charge in [-0.1, -0.05) is 26.0 Å². The van der Waals surface area contributed by atoms with E-state index in [0.29, 0.717) is 46.3 Å². The maximum absolute atomic E-state index is 12.9. The van der Waals surface area contributed by atoms with Crippen LogP contribution in [0, 0.1) is 4.77 Å². The molecule has 0 radical (unpaired) electrons. The van der Waals surface area contributed by atoms with E-state index in [1.165, 1.54) is 0 Å².